The topological polar surface area (TPSA) is 111 Å². The maximum atomic E-state index is 12.1. The number of benzene rings is 1. The molecule has 2 N–H and O–H groups in total. The monoisotopic (exact) mass is 381 g/mol. The fraction of sp³-hybridized carbons (Fsp3) is 0.526. The first-order chi connectivity index (χ1) is 12.6. The lowest BCUT2D eigenvalue weighted by Crippen LogP contribution is -2.36. The van der Waals surface area contributed by atoms with Gasteiger partial charge in [-0.25, -0.2) is 0 Å². The third kappa shape index (κ3) is 7.98. The van der Waals surface area contributed by atoms with Gasteiger partial charge in [-0.3, -0.25) is 14.4 Å². The molecule has 0 unspecified atom stereocenters. The number of carboxylic acid groups (broad SMARTS) is 1. The average molecular weight is 381 g/mol. The Morgan fingerprint density at radius 3 is 2.26 bits per heavy atom. The fourth-order valence-electron chi connectivity index (χ4n) is 2.31. The summed E-state index contributed by atoms with van der Waals surface area (Å²) in [5.74, 6) is -2.18. The third-order valence-corrected chi connectivity index (χ3v) is 3.54. The van der Waals surface area contributed by atoms with Gasteiger partial charge in [0.15, 0.2) is 11.5 Å². The first-order valence-corrected chi connectivity index (χ1v) is 8.48. The zero-order chi connectivity index (χ0) is 20.6. The van der Waals surface area contributed by atoms with E-state index in [1.807, 2.05) is 0 Å². The summed E-state index contributed by atoms with van der Waals surface area (Å²) in [4.78, 5) is 35.3. The molecule has 0 fully saturated rings. The molecule has 0 aliphatic rings. The van der Waals surface area contributed by atoms with Gasteiger partial charge in [0, 0.05) is 6.54 Å². The van der Waals surface area contributed by atoms with E-state index in [9.17, 15) is 19.5 Å². The first-order valence-electron chi connectivity index (χ1n) is 8.48. The molecule has 0 saturated carbocycles. The maximum absolute atomic E-state index is 12.1. The molecule has 27 heavy (non-hydrogen) atoms. The van der Waals surface area contributed by atoms with Gasteiger partial charge in [-0.1, -0.05) is 6.07 Å². The quantitative estimate of drug-likeness (QED) is 0.627. The number of hydrogen-bond donors (Lipinski definition) is 2. The van der Waals surface area contributed by atoms with Crippen LogP contribution in [0.1, 0.15) is 32.8 Å². The first kappa shape index (κ1) is 22.3. The van der Waals surface area contributed by atoms with Crippen LogP contribution in [0.4, 0.5) is 0 Å². The van der Waals surface area contributed by atoms with E-state index in [0.717, 1.165) is 0 Å². The van der Waals surface area contributed by atoms with Crippen LogP contribution in [0.2, 0.25) is 0 Å². The van der Waals surface area contributed by atoms with Crippen LogP contribution < -0.4 is 14.8 Å². The van der Waals surface area contributed by atoms with Crippen molar-refractivity contribution in [2.75, 3.05) is 20.8 Å². The van der Waals surface area contributed by atoms with Crippen LogP contribution in [0.15, 0.2) is 18.2 Å². The fourth-order valence-corrected chi connectivity index (χ4v) is 2.31. The van der Waals surface area contributed by atoms with Crippen molar-refractivity contribution in [3.63, 3.8) is 0 Å². The van der Waals surface area contributed by atoms with Crippen molar-refractivity contribution in [2.24, 2.45) is 5.92 Å². The average Bonchev–Trinajstić information content (AvgIpc) is 2.56. The lowest BCUT2D eigenvalue weighted by molar-refractivity contribution is -0.159. The van der Waals surface area contributed by atoms with Gasteiger partial charge in [-0.15, -0.1) is 0 Å². The van der Waals surface area contributed by atoms with Gasteiger partial charge < -0.3 is 24.6 Å². The molecular weight excluding hydrogens is 354 g/mol. The van der Waals surface area contributed by atoms with Crippen molar-refractivity contribution in [1.82, 2.24) is 5.32 Å². The van der Waals surface area contributed by atoms with E-state index in [-0.39, 0.29) is 25.3 Å². The van der Waals surface area contributed by atoms with Gasteiger partial charge in [-0.05, 0) is 38.5 Å². The molecule has 0 radical (unpaired) electrons. The predicted octanol–water partition coefficient (Wildman–Crippen LogP) is 1.80. The molecule has 0 aliphatic heterocycles. The van der Waals surface area contributed by atoms with E-state index in [2.05, 4.69) is 5.32 Å². The molecule has 0 bridgehead atoms. The highest BCUT2D eigenvalue weighted by atomic mass is 16.6. The second-order valence-electron chi connectivity index (χ2n) is 7.00. The number of carbonyl (C=O) groups is 3. The number of aliphatic carboxylic acids is 1. The Bertz CT molecular complexity index is 679. The van der Waals surface area contributed by atoms with Crippen molar-refractivity contribution < 1.29 is 33.7 Å². The van der Waals surface area contributed by atoms with Gasteiger partial charge in [-0.2, -0.15) is 0 Å². The molecule has 0 heterocycles. The number of amides is 1. The summed E-state index contributed by atoms with van der Waals surface area (Å²) in [6, 6.07) is 5.08. The Morgan fingerprint density at radius 2 is 1.74 bits per heavy atom. The molecule has 0 aliphatic carbocycles. The zero-order valence-electron chi connectivity index (χ0n) is 16.3. The molecule has 1 amide bonds. The van der Waals surface area contributed by atoms with Crippen LogP contribution in [0.25, 0.3) is 0 Å². The van der Waals surface area contributed by atoms with Gasteiger partial charge in [0.05, 0.1) is 33.0 Å². The summed E-state index contributed by atoms with van der Waals surface area (Å²) >= 11 is 0. The number of ether oxygens (including phenoxy) is 3. The van der Waals surface area contributed by atoms with Crippen molar-refractivity contribution in [3.8, 4) is 11.5 Å². The molecule has 150 valence electrons. The number of nitrogens with one attached hydrogen (secondary N) is 1. The van der Waals surface area contributed by atoms with Gasteiger partial charge >= 0.3 is 11.9 Å². The molecule has 0 saturated heterocycles. The third-order valence-electron chi connectivity index (χ3n) is 3.54. The summed E-state index contributed by atoms with van der Waals surface area (Å²) in [6.45, 7) is 4.93. The molecule has 0 aromatic heterocycles. The number of carboxylic acids is 1. The summed E-state index contributed by atoms with van der Waals surface area (Å²) in [7, 11) is 3.01. The van der Waals surface area contributed by atoms with Crippen molar-refractivity contribution in [1.29, 1.82) is 0 Å². The van der Waals surface area contributed by atoms with E-state index >= 15 is 0 Å². The smallest absolute Gasteiger partial charge is 0.308 e. The number of carbonyl (C=O) groups excluding carboxylic acids is 2. The predicted molar refractivity (Wildman–Crippen MR) is 97.8 cm³/mol. The minimum atomic E-state index is -1.17. The Hall–Kier alpha value is -2.77. The summed E-state index contributed by atoms with van der Waals surface area (Å²) < 4.78 is 15.5. The number of hydrogen-bond acceptors (Lipinski definition) is 6. The van der Waals surface area contributed by atoms with E-state index in [0.29, 0.717) is 17.1 Å². The second kappa shape index (κ2) is 9.80. The van der Waals surface area contributed by atoms with Crippen molar-refractivity contribution >= 4 is 17.8 Å². The standard InChI is InChI=1S/C19H27NO7/c1-19(2,3)27-17(22)10-13(18(23)24)11-20-16(21)9-12-6-7-14(25-4)15(8-12)26-5/h6-8,13H,9-11H2,1-5H3,(H,20,21)(H,23,24)/t13-/m0/s1. The molecule has 1 atom stereocenters. The Kier molecular flexibility index (Phi) is 8.08. The molecular formula is C19H27NO7. The van der Waals surface area contributed by atoms with E-state index in [1.165, 1.54) is 14.2 Å². The van der Waals surface area contributed by atoms with Gasteiger partial charge in [0.1, 0.15) is 5.60 Å². The Labute approximate surface area is 158 Å². The molecule has 8 heteroatoms. The minimum absolute atomic E-state index is 0.0408. The number of esters is 1. The van der Waals surface area contributed by atoms with Crippen LogP contribution in [0.5, 0.6) is 11.5 Å². The summed E-state index contributed by atoms with van der Waals surface area (Å²) in [5.41, 5.74) is -0.0132. The molecule has 1 aromatic carbocycles. The van der Waals surface area contributed by atoms with Crippen LogP contribution in [0.3, 0.4) is 0 Å². The number of methoxy groups -OCH3 is 2. The van der Waals surface area contributed by atoms with E-state index < -0.39 is 23.5 Å². The van der Waals surface area contributed by atoms with E-state index in [4.69, 9.17) is 14.2 Å². The maximum Gasteiger partial charge on any atom is 0.308 e. The lowest BCUT2D eigenvalue weighted by Gasteiger charge is -2.21. The zero-order valence-corrected chi connectivity index (χ0v) is 16.3. The van der Waals surface area contributed by atoms with Crippen LogP contribution >= 0.6 is 0 Å². The van der Waals surface area contributed by atoms with Gasteiger partial charge in [0.2, 0.25) is 5.91 Å². The SMILES string of the molecule is COc1ccc(CC(=O)NC[C@H](CC(=O)OC(C)(C)C)C(=O)O)cc1OC. The minimum Gasteiger partial charge on any atom is -0.493 e. The normalized spacial score (nSPS) is 12.0. The van der Waals surface area contributed by atoms with Crippen LogP contribution in [-0.2, 0) is 25.5 Å². The van der Waals surface area contributed by atoms with Crippen LogP contribution in [0, 0.1) is 5.92 Å². The number of rotatable bonds is 9. The highest BCUT2D eigenvalue weighted by molar-refractivity contribution is 5.82. The highest BCUT2D eigenvalue weighted by Gasteiger charge is 2.25. The molecule has 1 rings (SSSR count). The van der Waals surface area contributed by atoms with Crippen LogP contribution in [-0.4, -0.2) is 49.3 Å². The molecule has 0 spiro atoms. The van der Waals surface area contributed by atoms with E-state index in [1.54, 1.807) is 39.0 Å². The summed E-state index contributed by atoms with van der Waals surface area (Å²) in [5, 5.41) is 11.8. The largest absolute Gasteiger partial charge is 0.493 e. The van der Waals surface area contributed by atoms with Gasteiger partial charge in [0.25, 0.3) is 0 Å². The highest BCUT2D eigenvalue weighted by Crippen LogP contribution is 2.27. The molecule has 8 nitrogen and oxygen atoms in total. The Balaban J connectivity index is 2.62. The second-order valence-corrected chi connectivity index (χ2v) is 7.00. The Morgan fingerprint density at radius 1 is 1.11 bits per heavy atom. The molecule has 1 aromatic rings. The van der Waals surface area contributed by atoms with Crippen molar-refractivity contribution in [2.45, 2.75) is 39.2 Å². The summed E-state index contributed by atoms with van der Waals surface area (Å²) in [6.07, 6.45) is -0.275. The lowest BCUT2D eigenvalue weighted by atomic mass is 10.1. The van der Waals surface area contributed by atoms with Crippen molar-refractivity contribution in [3.05, 3.63) is 23.8 Å².